The van der Waals surface area contributed by atoms with Crippen molar-refractivity contribution in [1.82, 2.24) is 15.5 Å². The number of hydrogen-bond acceptors (Lipinski definition) is 3. The van der Waals surface area contributed by atoms with Gasteiger partial charge in [-0.05, 0) is 12.8 Å². The van der Waals surface area contributed by atoms with Crippen LogP contribution in [0.2, 0.25) is 0 Å². The van der Waals surface area contributed by atoms with Crippen molar-refractivity contribution in [3.05, 3.63) is 0 Å². The Labute approximate surface area is 98.8 Å². The number of carbonyl (C=O) groups is 1. The molecule has 0 aromatic rings. The fourth-order valence-electron chi connectivity index (χ4n) is 2.08. The molecule has 1 aliphatic heterocycles. The van der Waals surface area contributed by atoms with Crippen LogP contribution < -0.4 is 10.6 Å². The summed E-state index contributed by atoms with van der Waals surface area (Å²) in [5.41, 5.74) is 0. The lowest BCUT2D eigenvalue weighted by Gasteiger charge is -2.27. The van der Waals surface area contributed by atoms with Crippen LogP contribution in [0.1, 0.15) is 26.7 Å². The van der Waals surface area contributed by atoms with Crippen LogP contribution in [0.3, 0.4) is 0 Å². The molecule has 1 aliphatic rings. The van der Waals surface area contributed by atoms with Gasteiger partial charge in [0.2, 0.25) is 5.91 Å². The lowest BCUT2D eigenvalue weighted by atomic mass is 10.0. The zero-order valence-corrected chi connectivity index (χ0v) is 10.6. The van der Waals surface area contributed by atoms with Crippen LogP contribution in [0.25, 0.3) is 0 Å². The molecule has 1 saturated heterocycles. The summed E-state index contributed by atoms with van der Waals surface area (Å²) in [4.78, 5) is 14.1. The number of hydrogen-bond donors (Lipinski definition) is 2. The Hall–Kier alpha value is -0.610. The summed E-state index contributed by atoms with van der Waals surface area (Å²) < 4.78 is 0. The molecule has 16 heavy (non-hydrogen) atoms. The first-order chi connectivity index (χ1) is 7.77. The van der Waals surface area contributed by atoms with Gasteiger partial charge in [-0.15, -0.1) is 0 Å². The normalized spacial score (nSPS) is 17.7. The van der Waals surface area contributed by atoms with E-state index in [2.05, 4.69) is 29.4 Å². The Kier molecular flexibility index (Phi) is 6.42. The first-order valence-electron chi connectivity index (χ1n) is 6.48. The van der Waals surface area contributed by atoms with E-state index >= 15 is 0 Å². The highest BCUT2D eigenvalue weighted by molar-refractivity contribution is 5.78. The summed E-state index contributed by atoms with van der Waals surface area (Å²) in [6, 6.07) is 0. The maximum absolute atomic E-state index is 11.7. The van der Waals surface area contributed by atoms with Gasteiger partial charge in [0.15, 0.2) is 0 Å². The van der Waals surface area contributed by atoms with Gasteiger partial charge in [0.1, 0.15) is 0 Å². The van der Waals surface area contributed by atoms with Crippen LogP contribution in [0.5, 0.6) is 0 Å². The van der Waals surface area contributed by atoms with Crippen LogP contribution in [-0.4, -0.2) is 50.1 Å². The molecule has 94 valence electrons. The molecule has 0 atom stereocenters. The molecule has 0 unspecified atom stereocenters. The van der Waals surface area contributed by atoms with Crippen LogP contribution >= 0.6 is 0 Å². The Balaban J connectivity index is 2.11. The highest BCUT2D eigenvalue weighted by Crippen LogP contribution is 2.06. The van der Waals surface area contributed by atoms with Crippen molar-refractivity contribution < 1.29 is 4.79 Å². The minimum absolute atomic E-state index is 0.197. The lowest BCUT2D eigenvalue weighted by molar-refractivity contribution is -0.125. The average Bonchev–Trinajstić information content (AvgIpc) is 2.32. The Bertz CT molecular complexity index is 198. The quantitative estimate of drug-likeness (QED) is 0.692. The van der Waals surface area contributed by atoms with Crippen LogP contribution in [-0.2, 0) is 4.79 Å². The monoisotopic (exact) mass is 227 g/mol. The van der Waals surface area contributed by atoms with Gasteiger partial charge < -0.3 is 10.6 Å². The van der Waals surface area contributed by atoms with E-state index in [1.54, 1.807) is 0 Å². The second kappa shape index (κ2) is 7.63. The number of carbonyl (C=O) groups excluding carboxylic acids is 1. The molecule has 4 nitrogen and oxygen atoms in total. The third-order valence-electron chi connectivity index (χ3n) is 3.29. The Morgan fingerprint density at radius 2 is 1.94 bits per heavy atom. The summed E-state index contributed by atoms with van der Waals surface area (Å²) in [6.07, 6.45) is 1.88. The first-order valence-corrected chi connectivity index (χ1v) is 6.48. The van der Waals surface area contributed by atoms with Crippen molar-refractivity contribution in [2.24, 2.45) is 5.92 Å². The zero-order valence-electron chi connectivity index (χ0n) is 10.6. The topological polar surface area (TPSA) is 44.4 Å². The van der Waals surface area contributed by atoms with Gasteiger partial charge in [-0.2, -0.15) is 0 Å². The zero-order chi connectivity index (χ0) is 11.8. The fourth-order valence-corrected chi connectivity index (χ4v) is 2.08. The summed E-state index contributed by atoms with van der Waals surface area (Å²) in [5.74, 6) is 0.420. The third-order valence-corrected chi connectivity index (χ3v) is 3.29. The van der Waals surface area contributed by atoms with Gasteiger partial charge >= 0.3 is 0 Å². The van der Waals surface area contributed by atoms with E-state index in [0.29, 0.717) is 0 Å². The molecule has 2 N–H and O–H groups in total. The molecule has 1 fully saturated rings. The largest absolute Gasteiger partial charge is 0.355 e. The Morgan fingerprint density at radius 3 is 2.50 bits per heavy atom. The lowest BCUT2D eigenvalue weighted by Crippen LogP contribution is -2.46. The van der Waals surface area contributed by atoms with Gasteiger partial charge in [0.05, 0.1) is 0 Å². The van der Waals surface area contributed by atoms with Crippen molar-refractivity contribution in [1.29, 1.82) is 0 Å². The van der Waals surface area contributed by atoms with Gasteiger partial charge in [0.25, 0.3) is 0 Å². The van der Waals surface area contributed by atoms with Crippen molar-refractivity contribution in [2.45, 2.75) is 26.7 Å². The van der Waals surface area contributed by atoms with E-state index in [0.717, 1.165) is 52.1 Å². The van der Waals surface area contributed by atoms with E-state index in [-0.39, 0.29) is 11.8 Å². The predicted molar refractivity (Wildman–Crippen MR) is 66.4 cm³/mol. The third kappa shape index (κ3) is 4.49. The summed E-state index contributed by atoms with van der Waals surface area (Å²) in [6.45, 7) is 10.2. The molecule has 4 heteroatoms. The fraction of sp³-hybridized carbons (Fsp3) is 0.917. The minimum atomic E-state index is 0.197. The van der Waals surface area contributed by atoms with Crippen molar-refractivity contribution in [3.63, 3.8) is 0 Å². The second-order valence-electron chi connectivity index (χ2n) is 4.40. The maximum atomic E-state index is 11.7. The molecule has 0 aliphatic carbocycles. The van der Waals surface area contributed by atoms with E-state index in [1.165, 1.54) is 0 Å². The minimum Gasteiger partial charge on any atom is -0.355 e. The molecule has 1 rings (SSSR count). The summed E-state index contributed by atoms with van der Waals surface area (Å²) >= 11 is 0. The standard InChI is InChI=1S/C12H25N3O/c1-3-11(4-2)12(16)14-7-10-15-8-5-13-6-9-15/h11,13H,3-10H2,1-2H3,(H,14,16). The first kappa shape index (κ1) is 13.5. The number of nitrogens with zero attached hydrogens (tertiary/aromatic N) is 1. The molecule has 0 radical (unpaired) electrons. The molecular formula is C12H25N3O. The number of nitrogens with one attached hydrogen (secondary N) is 2. The highest BCUT2D eigenvalue weighted by atomic mass is 16.1. The van der Waals surface area contributed by atoms with E-state index in [9.17, 15) is 4.79 Å². The SMILES string of the molecule is CCC(CC)C(=O)NCCN1CCNCC1. The number of piperazine rings is 1. The van der Waals surface area contributed by atoms with Crippen molar-refractivity contribution in [2.75, 3.05) is 39.3 Å². The molecule has 0 aromatic heterocycles. The molecule has 0 bridgehead atoms. The second-order valence-corrected chi connectivity index (χ2v) is 4.40. The summed E-state index contributed by atoms with van der Waals surface area (Å²) in [5, 5.41) is 6.35. The molecule has 0 aromatic carbocycles. The number of amides is 1. The Morgan fingerprint density at radius 1 is 1.31 bits per heavy atom. The van der Waals surface area contributed by atoms with Gasteiger partial charge in [-0.1, -0.05) is 13.8 Å². The van der Waals surface area contributed by atoms with Crippen LogP contribution in [0, 0.1) is 5.92 Å². The highest BCUT2D eigenvalue weighted by Gasteiger charge is 2.14. The van der Waals surface area contributed by atoms with E-state index in [1.807, 2.05) is 0 Å². The summed E-state index contributed by atoms with van der Waals surface area (Å²) in [7, 11) is 0. The van der Waals surface area contributed by atoms with Gasteiger partial charge in [0, 0.05) is 45.2 Å². The van der Waals surface area contributed by atoms with Gasteiger partial charge in [-0.25, -0.2) is 0 Å². The predicted octanol–water partition coefficient (Wildman–Crippen LogP) is 0.444. The van der Waals surface area contributed by atoms with Crippen LogP contribution in [0.4, 0.5) is 0 Å². The van der Waals surface area contributed by atoms with E-state index < -0.39 is 0 Å². The molecular weight excluding hydrogens is 202 g/mol. The average molecular weight is 227 g/mol. The molecule has 0 saturated carbocycles. The van der Waals surface area contributed by atoms with Gasteiger partial charge in [-0.3, -0.25) is 9.69 Å². The van der Waals surface area contributed by atoms with E-state index in [4.69, 9.17) is 0 Å². The smallest absolute Gasteiger partial charge is 0.223 e. The van der Waals surface area contributed by atoms with Crippen molar-refractivity contribution >= 4 is 5.91 Å². The van der Waals surface area contributed by atoms with Crippen LogP contribution in [0.15, 0.2) is 0 Å². The molecule has 1 heterocycles. The molecule has 1 amide bonds. The van der Waals surface area contributed by atoms with Crippen molar-refractivity contribution in [3.8, 4) is 0 Å². The maximum Gasteiger partial charge on any atom is 0.223 e. The molecule has 0 spiro atoms. The number of rotatable bonds is 6.